The van der Waals surface area contributed by atoms with Crippen molar-refractivity contribution >= 4 is 24.2 Å². The van der Waals surface area contributed by atoms with E-state index in [1.54, 1.807) is 0 Å². The van der Waals surface area contributed by atoms with Crippen molar-refractivity contribution in [1.29, 1.82) is 0 Å². The third-order valence-electron chi connectivity index (χ3n) is 2.57. The van der Waals surface area contributed by atoms with E-state index >= 15 is 0 Å². The van der Waals surface area contributed by atoms with Crippen molar-refractivity contribution in [2.75, 3.05) is 13.1 Å². The molecule has 0 unspecified atom stereocenters. The molecule has 0 spiro atoms. The molecular weight excluding hydrogens is 320 g/mol. The van der Waals surface area contributed by atoms with E-state index in [0.717, 1.165) is 0 Å². The number of aliphatic imine (C=N–C) groups is 2. The van der Waals surface area contributed by atoms with Crippen LogP contribution < -0.4 is 34.2 Å². The Morgan fingerprint density at radius 2 is 1.46 bits per heavy atom. The number of aliphatic carboxylic acids is 2. The average Bonchev–Trinajstić information content (AvgIpc) is 2.51. The standard InChI is InChI=1S/2C6H14N4O2/c7-5(6(11)12)2-1-3-9-4-10-8;7-4(5(11)12)2-1-3-10-6(8)9/h4-5H,1-3,7-8H2,(H,9,10)(H,11,12);4H,1-3,7H2,(H,11,12)(H4,8,9,10)/t5-;4-/m00/s1. The second-order valence-electron chi connectivity index (χ2n) is 4.68. The lowest BCUT2D eigenvalue weighted by Crippen LogP contribution is -2.30. The summed E-state index contributed by atoms with van der Waals surface area (Å²) in [6.07, 6.45) is 3.38. The third kappa shape index (κ3) is 17.6. The molecular formula is C12H28N8O4. The van der Waals surface area contributed by atoms with Crippen molar-refractivity contribution in [3.8, 4) is 0 Å². The predicted octanol–water partition coefficient (Wildman–Crippen LogP) is -2.88. The van der Waals surface area contributed by atoms with E-state index in [0.29, 0.717) is 38.8 Å². The smallest absolute Gasteiger partial charge is 0.320 e. The van der Waals surface area contributed by atoms with Crippen molar-refractivity contribution in [3.63, 3.8) is 0 Å². The van der Waals surface area contributed by atoms with Crippen LogP contribution in [0.25, 0.3) is 0 Å². The van der Waals surface area contributed by atoms with Gasteiger partial charge in [0, 0.05) is 13.1 Å². The number of carbonyl (C=O) groups is 2. The number of rotatable bonds is 11. The Labute approximate surface area is 140 Å². The molecule has 0 aliphatic rings. The summed E-state index contributed by atoms with van der Waals surface area (Å²) in [5.74, 6) is 2.94. The van der Waals surface area contributed by atoms with Crippen LogP contribution in [0.3, 0.4) is 0 Å². The topological polar surface area (TPSA) is 241 Å². The summed E-state index contributed by atoms with van der Waals surface area (Å²) in [5, 5.41) is 16.8. The van der Waals surface area contributed by atoms with Crippen LogP contribution in [0.1, 0.15) is 25.7 Å². The monoisotopic (exact) mass is 348 g/mol. The number of carboxylic acids is 2. The molecule has 0 aliphatic heterocycles. The Balaban J connectivity index is 0. The van der Waals surface area contributed by atoms with Gasteiger partial charge in [0.05, 0.1) is 6.34 Å². The molecule has 0 bridgehead atoms. The maximum atomic E-state index is 10.2. The van der Waals surface area contributed by atoms with Crippen LogP contribution in [0, 0.1) is 0 Å². The molecule has 0 aromatic carbocycles. The van der Waals surface area contributed by atoms with Gasteiger partial charge in [-0.05, 0) is 25.7 Å². The fourth-order valence-electron chi connectivity index (χ4n) is 1.29. The maximum Gasteiger partial charge on any atom is 0.320 e. The lowest BCUT2D eigenvalue weighted by atomic mass is 10.2. The average molecular weight is 348 g/mol. The van der Waals surface area contributed by atoms with Gasteiger partial charge in [0.2, 0.25) is 0 Å². The van der Waals surface area contributed by atoms with Crippen molar-refractivity contribution in [3.05, 3.63) is 0 Å². The minimum Gasteiger partial charge on any atom is -0.480 e. The summed E-state index contributed by atoms with van der Waals surface area (Å²) >= 11 is 0. The van der Waals surface area contributed by atoms with Crippen LogP contribution in [-0.4, -0.2) is 59.6 Å². The highest BCUT2D eigenvalue weighted by molar-refractivity contribution is 5.75. The first-order valence-corrected chi connectivity index (χ1v) is 7.18. The highest BCUT2D eigenvalue weighted by Gasteiger charge is 2.10. The minimum absolute atomic E-state index is 0.0129. The molecule has 12 nitrogen and oxygen atoms in total. The molecule has 0 fully saturated rings. The first-order chi connectivity index (χ1) is 11.2. The Morgan fingerprint density at radius 1 is 1.00 bits per heavy atom. The number of nitrogens with one attached hydrogen (secondary N) is 1. The van der Waals surface area contributed by atoms with Crippen molar-refractivity contribution in [2.45, 2.75) is 37.8 Å². The van der Waals surface area contributed by atoms with Gasteiger partial charge in [0.25, 0.3) is 0 Å². The molecule has 0 radical (unpaired) electrons. The van der Waals surface area contributed by atoms with E-state index in [2.05, 4.69) is 15.4 Å². The zero-order chi connectivity index (χ0) is 19.0. The van der Waals surface area contributed by atoms with Gasteiger partial charge in [-0.1, -0.05) is 0 Å². The summed E-state index contributed by atoms with van der Waals surface area (Å²) < 4.78 is 0. The number of nitrogens with two attached hydrogens (primary N) is 5. The lowest BCUT2D eigenvalue weighted by molar-refractivity contribution is -0.139. The summed E-state index contributed by atoms with van der Waals surface area (Å²) in [5.41, 5.74) is 22.8. The fraction of sp³-hybridized carbons (Fsp3) is 0.667. The molecule has 13 N–H and O–H groups in total. The molecule has 0 heterocycles. The molecule has 140 valence electrons. The number of hydrogen-bond donors (Lipinski definition) is 8. The highest BCUT2D eigenvalue weighted by atomic mass is 16.4. The van der Waals surface area contributed by atoms with Gasteiger partial charge >= 0.3 is 11.9 Å². The van der Waals surface area contributed by atoms with Gasteiger partial charge in [-0.25, -0.2) is 5.84 Å². The molecule has 24 heavy (non-hydrogen) atoms. The molecule has 0 rings (SSSR count). The van der Waals surface area contributed by atoms with E-state index in [9.17, 15) is 9.59 Å². The molecule has 0 aliphatic carbocycles. The molecule has 0 aromatic heterocycles. The van der Waals surface area contributed by atoms with Crippen LogP contribution in [0.4, 0.5) is 0 Å². The Morgan fingerprint density at radius 3 is 1.83 bits per heavy atom. The molecule has 0 saturated carbocycles. The quantitative estimate of drug-likeness (QED) is 0.0623. The number of carboxylic acid groups (broad SMARTS) is 2. The molecule has 0 aromatic rings. The van der Waals surface area contributed by atoms with E-state index in [4.69, 9.17) is 39.0 Å². The second-order valence-corrected chi connectivity index (χ2v) is 4.68. The SMILES string of the molecule is NC(N)=NCCC[C@H](N)C(=O)O.NNC=NCCC[C@H](N)C(=O)O. The highest BCUT2D eigenvalue weighted by Crippen LogP contribution is 1.95. The summed E-state index contributed by atoms with van der Waals surface area (Å²) in [7, 11) is 0. The Hall–Kier alpha value is -2.44. The number of hydrogen-bond acceptors (Lipinski definition) is 7. The van der Waals surface area contributed by atoms with Crippen LogP contribution in [0.2, 0.25) is 0 Å². The van der Waals surface area contributed by atoms with Crippen LogP contribution in [0.5, 0.6) is 0 Å². The normalized spacial score (nSPS) is 12.6. The summed E-state index contributed by atoms with van der Waals surface area (Å²) in [6, 6.07) is -1.61. The van der Waals surface area contributed by atoms with Gasteiger partial charge in [-0.15, -0.1) is 0 Å². The zero-order valence-electron chi connectivity index (χ0n) is 13.5. The second kappa shape index (κ2) is 15.5. The predicted molar refractivity (Wildman–Crippen MR) is 91.0 cm³/mol. The lowest BCUT2D eigenvalue weighted by Gasteiger charge is -2.03. The van der Waals surface area contributed by atoms with Gasteiger partial charge in [-0.3, -0.25) is 19.6 Å². The van der Waals surface area contributed by atoms with Gasteiger partial charge < -0.3 is 38.6 Å². The van der Waals surface area contributed by atoms with Crippen LogP contribution in [0.15, 0.2) is 9.98 Å². The Bertz CT molecular complexity index is 412. The first kappa shape index (κ1) is 23.8. The molecule has 2 atom stereocenters. The van der Waals surface area contributed by atoms with Crippen LogP contribution in [-0.2, 0) is 9.59 Å². The zero-order valence-corrected chi connectivity index (χ0v) is 13.5. The number of guanidine groups is 1. The van der Waals surface area contributed by atoms with Crippen LogP contribution >= 0.6 is 0 Å². The molecule has 0 saturated heterocycles. The van der Waals surface area contributed by atoms with Crippen molar-refractivity contribution < 1.29 is 19.8 Å². The fourth-order valence-corrected chi connectivity index (χ4v) is 1.29. The van der Waals surface area contributed by atoms with E-state index in [-0.39, 0.29) is 5.96 Å². The van der Waals surface area contributed by atoms with E-state index < -0.39 is 24.0 Å². The maximum absolute atomic E-state index is 10.2. The van der Waals surface area contributed by atoms with Gasteiger partial charge in [-0.2, -0.15) is 0 Å². The third-order valence-corrected chi connectivity index (χ3v) is 2.57. The van der Waals surface area contributed by atoms with Crippen molar-refractivity contribution in [1.82, 2.24) is 5.43 Å². The first-order valence-electron chi connectivity index (χ1n) is 7.18. The van der Waals surface area contributed by atoms with E-state index in [1.165, 1.54) is 6.34 Å². The Kier molecular flexibility index (Phi) is 15.3. The van der Waals surface area contributed by atoms with Gasteiger partial charge in [0.15, 0.2) is 5.96 Å². The van der Waals surface area contributed by atoms with Crippen molar-refractivity contribution in [2.24, 2.45) is 38.8 Å². The molecule has 12 heteroatoms. The summed E-state index contributed by atoms with van der Waals surface area (Å²) in [6.45, 7) is 0.953. The summed E-state index contributed by atoms with van der Waals surface area (Å²) in [4.78, 5) is 27.9. The van der Waals surface area contributed by atoms with E-state index in [1.807, 2.05) is 0 Å². The number of hydrazine groups is 1. The largest absolute Gasteiger partial charge is 0.480 e. The number of nitrogens with zero attached hydrogens (tertiary/aromatic N) is 2. The molecule has 0 amide bonds. The minimum atomic E-state index is -1.00. The van der Waals surface area contributed by atoms with Gasteiger partial charge in [0.1, 0.15) is 12.1 Å².